The molecule has 1 aromatic carbocycles. The van der Waals surface area contributed by atoms with Crippen molar-refractivity contribution < 1.29 is 8.42 Å². The van der Waals surface area contributed by atoms with Crippen LogP contribution < -0.4 is 4.72 Å². The first kappa shape index (κ1) is 15.7. The molecule has 5 heteroatoms. The van der Waals surface area contributed by atoms with E-state index in [1.165, 1.54) is 24.3 Å². The molecule has 0 fully saturated rings. The van der Waals surface area contributed by atoms with Crippen LogP contribution in [0.5, 0.6) is 0 Å². The minimum atomic E-state index is -3.51. The third kappa shape index (κ3) is 4.05. The lowest BCUT2D eigenvalue weighted by atomic mass is 9.96. The molecule has 0 aliphatic carbocycles. The Labute approximate surface area is 115 Å². The van der Waals surface area contributed by atoms with Crippen LogP contribution in [-0.2, 0) is 10.0 Å². The van der Waals surface area contributed by atoms with Gasteiger partial charge in [0, 0.05) is 6.04 Å². The second-order valence-electron chi connectivity index (χ2n) is 4.62. The van der Waals surface area contributed by atoms with Crippen molar-refractivity contribution in [1.82, 2.24) is 4.72 Å². The summed E-state index contributed by atoms with van der Waals surface area (Å²) in [6, 6.07) is 7.80. The number of hydrogen-bond acceptors (Lipinski definition) is 3. The van der Waals surface area contributed by atoms with Crippen LogP contribution in [0.15, 0.2) is 29.2 Å². The molecule has 0 spiro atoms. The maximum absolute atomic E-state index is 12.2. The highest BCUT2D eigenvalue weighted by atomic mass is 32.2. The smallest absolute Gasteiger partial charge is 0.208 e. The second kappa shape index (κ2) is 6.69. The molecule has 0 aliphatic heterocycles. The second-order valence-corrected chi connectivity index (χ2v) is 6.34. The van der Waals surface area contributed by atoms with Crippen LogP contribution in [0.4, 0.5) is 0 Å². The highest BCUT2D eigenvalue weighted by Gasteiger charge is 2.21. The Morgan fingerprint density at radius 2 is 1.74 bits per heavy atom. The summed E-state index contributed by atoms with van der Waals surface area (Å²) >= 11 is 0. The molecule has 1 rings (SSSR count). The molecule has 104 valence electrons. The molecule has 0 saturated carbocycles. The van der Waals surface area contributed by atoms with Gasteiger partial charge in [-0.15, -0.1) is 0 Å². The quantitative estimate of drug-likeness (QED) is 0.871. The van der Waals surface area contributed by atoms with E-state index in [0.29, 0.717) is 11.5 Å². The summed E-state index contributed by atoms with van der Waals surface area (Å²) in [4.78, 5) is 0.198. The first-order chi connectivity index (χ1) is 8.94. The zero-order valence-corrected chi connectivity index (χ0v) is 12.4. The normalized spacial score (nSPS) is 13.2. The van der Waals surface area contributed by atoms with Gasteiger partial charge < -0.3 is 0 Å². The highest BCUT2D eigenvalue weighted by Crippen LogP contribution is 2.16. The van der Waals surface area contributed by atoms with Gasteiger partial charge in [0.05, 0.1) is 16.5 Å². The Balaban J connectivity index is 2.89. The number of rotatable bonds is 6. The van der Waals surface area contributed by atoms with Crippen LogP contribution in [0, 0.1) is 17.2 Å². The fourth-order valence-corrected chi connectivity index (χ4v) is 3.43. The lowest BCUT2D eigenvalue weighted by Gasteiger charge is -2.22. The summed E-state index contributed by atoms with van der Waals surface area (Å²) < 4.78 is 27.1. The van der Waals surface area contributed by atoms with E-state index in [9.17, 15) is 8.42 Å². The number of nitrogens with one attached hydrogen (secondary N) is 1. The van der Waals surface area contributed by atoms with E-state index in [1.807, 2.05) is 13.0 Å². The van der Waals surface area contributed by atoms with Gasteiger partial charge in [0.25, 0.3) is 0 Å². The van der Waals surface area contributed by atoms with Gasteiger partial charge in [-0.2, -0.15) is 5.26 Å². The largest absolute Gasteiger partial charge is 0.240 e. The van der Waals surface area contributed by atoms with E-state index in [4.69, 9.17) is 5.26 Å². The van der Waals surface area contributed by atoms with Crippen LogP contribution in [-0.4, -0.2) is 14.5 Å². The monoisotopic (exact) mass is 280 g/mol. The number of nitriles is 1. The average Bonchev–Trinajstić information content (AvgIpc) is 2.39. The molecule has 0 bridgehead atoms. The van der Waals surface area contributed by atoms with Crippen molar-refractivity contribution in [1.29, 1.82) is 5.26 Å². The first-order valence-electron chi connectivity index (χ1n) is 6.47. The van der Waals surface area contributed by atoms with Crippen molar-refractivity contribution in [3.05, 3.63) is 29.8 Å². The Morgan fingerprint density at radius 1 is 1.21 bits per heavy atom. The Bertz CT molecular complexity index is 540. The van der Waals surface area contributed by atoms with Gasteiger partial charge in [-0.05, 0) is 37.1 Å². The summed E-state index contributed by atoms with van der Waals surface area (Å²) in [7, 11) is -3.51. The third-order valence-corrected chi connectivity index (χ3v) is 4.97. The molecule has 0 aromatic heterocycles. The standard InChI is InChI=1S/C14H20N2O2S/c1-4-13(5-2)11(3)16-19(17,18)14-8-6-12(10-15)7-9-14/h6-9,11,13,16H,4-5H2,1-3H3. The SMILES string of the molecule is CCC(CC)C(C)NS(=O)(=O)c1ccc(C#N)cc1. The molecule has 1 N–H and O–H groups in total. The van der Waals surface area contributed by atoms with Crippen LogP contribution in [0.1, 0.15) is 39.2 Å². The van der Waals surface area contributed by atoms with E-state index in [1.54, 1.807) is 0 Å². The fourth-order valence-electron chi connectivity index (χ4n) is 2.11. The molecule has 0 heterocycles. The zero-order valence-electron chi connectivity index (χ0n) is 11.6. The molecule has 1 unspecified atom stereocenters. The Morgan fingerprint density at radius 3 is 2.16 bits per heavy atom. The molecule has 19 heavy (non-hydrogen) atoms. The summed E-state index contributed by atoms with van der Waals surface area (Å²) in [5.41, 5.74) is 0.451. The van der Waals surface area contributed by atoms with Crippen molar-refractivity contribution in [2.75, 3.05) is 0 Å². The Kier molecular flexibility index (Phi) is 5.52. The van der Waals surface area contributed by atoms with Crippen molar-refractivity contribution >= 4 is 10.0 Å². The first-order valence-corrected chi connectivity index (χ1v) is 7.95. The van der Waals surface area contributed by atoms with Crippen LogP contribution in [0.25, 0.3) is 0 Å². The maximum atomic E-state index is 12.2. The molecule has 0 saturated heterocycles. The van der Waals surface area contributed by atoms with Crippen molar-refractivity contribution in [2.24, 2.45) is 5.92 Å². The molecule has 0 amide bonds. The third-order valence-electron chi connectivity index (χ3n) is 3.39. The van der Waals surface area contributed by atoms with Crippen molar-refractivity contribution in [3.63, 3.8) is 0 Å². The van der Waals surface area contributed by atoms with E-state index in [2.05, 4.69) is 18.6 Å². The average molecular weight is 280 g/mol. The molecule has 1 atom stereocenters. The minimum Gasteiger partial charge on any atom is -0.208 e. The highest BCUT2D eigenvalue weighted by molar-refractivity contribution is 7.89. The van der Waals surface area contributed by atoms with Gasteiger partial charge in [-0.25, -0.2) is 13.1 Å². The zero-order chi connectivity index (χ0) is 14.5. The predicted octanol–water partition coefficient (Wildman–Crippen LogP) is 2.66. The van der Waals surface area contributed by atoms with Gasteiger partial charge in [0.15, 0.2) is 0 Å². The summed E-state index contributed by atoms with van der Waals surface area (Å²) in [5, 5.41) is 8.70. The van der Waals surface area contributed by atoms with Crippen LogP contribution >= 0.6 is 0 Å². The lowest BCUT2D eigenvalue weighted by Crippen LogP contribution is -2.37. The number of hydrogen-bond donors (Lipinski definition) is 1. The van der Waals surface area contributed by atoms with E-state index < -0.39 is 10.0 Å². The van der Waals surface area contributed by atoms with E-state index in [0.717, 1.165) is 12.8 Å². The Hall–Kier alpha value is -1.38. The van der Waals surface area contributed by atoms with Gasteiger partial charge in [-0.3, -0.25) is 0 Å². The van der Waals surface area contributed by atoms with Gasteiger partial charge in [0.2, 0.25) is 10.0 Å². The van der Waals surface area contributed by atoms with Crippen molar-refractivity contribution in [3.8, 4) is 6.07 Å². The summed E-state index contributed by atoms with van der Waals surface area (Å²) in [5.74, 6) is 0.327. The number of nitrogens with zero attached hydrogens (tertiary/aromatic N) is 1. The van der Waals surface area contributed by atoms with Crippen LogP contribution in [0.2, 0.25) is 0 Å². The maximum Gasteiger partial charge on any atom is 0.240 e. The number of benzene rings is 1. The topological polar surface area (TPSA) is 70.0 Å². The fraction of sp³-hybridized carbons (Fsp3) is 0.500. The molecule has 4 nitrogen and oxygen atoms in total. The lowest BCUT2D eigenvalue weighted by molar-refractivity contribution is 0.391. The molecular formula is C14H20N2O2S. The predicted molar refractivity (Wildman–Crippen MR) is 75.0 cm³/mol. The summed E-state index contributed by atoms with van der Waals surface area (Å²) in [6.45, 7) is 6.00. The van der Waals surface area contributed by atoms with Gasteiger partial charge in [0.1, 0.15) is 0 Å². The van der Waals surface area contributed by atoms with E-state index in [-0.39, 0.29) is 10.9 Å². The molecule has 0 aliphatic rings. The molecular weight excluding hydrogens is 260 g/mol. The van der Waals surface area contributed by atoms with Crippen LogP contribution in [0.3, 0.4) is 0 Å². The molecule has 1 aromatic rings. The molecule has 0 radical (unpaired) electrons. The van der Waals surface area contributed by atoms with Gasteiger partial charge in [-0.1, -0.05) is 26.7 Å². The van der Waals surface area contributed by atoms with Crippen molar-refractivity contribution in [2.45, 2.75) is 44.6 Å². The minimum absolute atomic E-state index is 0.101. The summed E-state index contributed by atoms with van der Waals surface area (Å²) in [6.07, 6.45) is 1.88. The van der Waals surface area contributed by atoms with Gasteiger partial charge >= 0.3 is 0 Å². The van der Waals surface area contributed by atoms with E-state index >= 15 is 0 Å². The number of sulfonamides is 1.